The second-order valence-corrected chi connectivity index (χ2v) is 7.41. The van der Waals surface area contributed by atoms with Crippen molar-refractivity contribution in [2.75, 3.05) is 24.0 Å². The first-order valence-corrected chi connectivity index (χ1v) is 9.49. The Morgan fingerprint density at radius 3 is 2.96 bits per heavy atom. The normalized spacial score (nSPS) is 14.6. The molecule has 10 heteroatoms. The molecule has 9 nitrogen and oxygen atoms in total. The van der Waals surface area contributed by atoms with Crippen molar-refractivity contribution < 1.29 is 23.5 Å². The monoisotopic (exact) mass is 400 g/mol. The van der Waals surface area contributed by atoms with Crippen LogP contribution in [-0.2, 0) is 17.8 Å². The van der Waals surface area contributed by atoms with E-state index in [1.165, 1.54) is 11.3 Å². The van der Waals surface area contributed by atoms with Gasteiger partial charge in [0, 0.05) is 16.6 Å². The van der Waals surface area contributed by atoms with Crippen molar-refractivity contribution in [1.29, 1.82) is 0 Å². The summed E-state index contributed by atoms with van der Waals surface area (Å²) in [5, 5.41) is 10.2. The van der Waals surface area contributed by atoms with Gasteiger partial charge in [-0.25, -0.2) is 4.79 Å². The van der Waals surface area contributed by atoms with Crippen LogP contribution < -0.4 is 20.1 Å². The van der Waals surface area contributed by atoms with Crippen molar-refractivity contribution in [2.45, 2.75) is 20.0 Å². The van der Waals surface area contributed by atoms with Crippen molar-refractivity contribution in [2.24, 2.45) is 0 Å². The van der Waals surface area contributed by atoms with Gasteiger partial charge < -0.3 is 24.1 Å². The summed E-state index contributed by atoms with van der Waals surface area (Å²) in [4.78, 5) is 18.0. The summed E-state index contributed by atoms with van der Waals surface area (Å²) in [5.41, 5.74) is 2.45. The standard InChI is InChI=1S/C18H16N4O5S/c1-9-19-16(27-22-9)15-11-4-5-24-7-14(11)28-17(15)21-18(23)20-10-2-3-12-13(6-10)26-8-25-12/h2-3,6H,4-5,7-8H2,1H3,(H2,20,21,23). The molecule has 2 aliphatic heterocycles. The molecule has 144 valence electrons. The molecule has 5 rings (SSSR count). The molecular weight excluding hydrogens is 384 g/mol. The van der Waals surface area contributed by atoms with Crippen LogP contribution in [0.2, 0.25) is 0 Å². The number of carbonyl (C=O) groups excluding carboxylic acids is 1. The summed E-state index contributed by atoms with van der Waals surface area (Å²) >= 11 is 1.46. The largest absolute Gasteiger partial charge is 0.454 e. The van der Waals surface area contributed by atoms with Gasteiger partial charge in [-0.05, 0) is 31.0 Å². The zero-order valence-electron chi connectivity index (χ0n) is 14.9. The summed E-state index contributed by atoms with van der Waals surface area (Å²) in [7, 11) is 0. The number of nitrogens with one attached hydrogen (secondary N) is 2. The first-order valence-electron chi connectivity index (χ1n) is 8.68. The molecule has 4 heterocycles. The Bertz CT molecular complexity index is 1060. The van der Waals surface area contributed by atoms with E-state index in [1.807, 2.05) is 0 Å². The predicted molar refractivity (Wildman–Crippen MR) is 101 cm³/mol. The van der Waals surface area contributed by atoms with Crippen LogP contribution in [0.1, 0.15) is 16.3 Å². The zero-order chi connectivity index (χ0) is 19.1. The number of fused-ring (bicyclic) bond motifs is 2. The number of aryl methyl sites for hydroxylation is 1. The Hall–Kier alpha value is -3.11. The lowest BCUT2D eigenvalue weighted by Crippen LogP contribution is -2.19. The first-order chi connectivity index (χ1) is 13.7. The van der Waals surface area contributed by atoms with Gasteiger partial charge >= 0.3 is 6.03 Å². The molecule has 0 radical (unpaired) electrons. The molecular formula is C18H16N4O5S. The number of aromatic nitrogens is 2. The van der Waals surface area contributed by atoms with Crippen molar-refractivity contribution in [3.63, 3.8) is 0 Å². The van der Waals surface area contributed by atoms with Crippen molar-refractivity contribution in [3.8, 4) is 23.0 Å². The summed E-state index contributed by atoms with van der Waals surface area (Å²) < 4.78 is 21.5. The predicted octanol–water partition coefficient (Wildman–Crippen LogP) is 3.55. The minimum Gasteiger partial charge on any atom is -0.454 e. The highest BCUT2D eigenvalue weighted by molar-refractivity contribution is 7.17. The van der Waals surface area contributed by atoms with E-state index in [4.69, 9.17) is 18.7 Å². The lowest BCUT2D eigenvalue weighted by Gasteiger charge is -2.12. The molecule has 0 saturated heterocycles. The molecule has 0 bridgehead atoms. The number of amides is 2. The maximum atomic E-state index is 12.6. The average molecular weight is 400 g/mol. The van der Waals surface area contributed by atoms with Gasteiger partial charge in [0.15, 0.2) is 17.3 Å². The maximum absolute atomic E-state index is 12.6. The van der Waals surface area contributed by atoms with Gasteiger partial charge in [-0.15, -0.1) is 11.3 Å². The summed E-state index contributed by atoms with van der Waals surface area (Å²) in [6.45, 7) is 3.06. The van der Waals surface area contributed by atoms with E-state index in [9.17, 15) is 4.79 Å². The molecule has 2 aromatic heterocycles. The van der Waals surface area contributed by atoms with E-state index in [1.54, 1.807) is 25.1 Å². The fourth-order valence-corrected chi connectivity index (χ4v) is 4.36. The minimum absolute atomic E-state index is 0.181. The SMILES string of the molecule is Cc1noc(-c2c(NC(=O)Nc3ccc4c(c3)OCO4)sc3c2CCOC3)n1. The Labute approximate surface area is 163 Å². The summed E-state index contributed by atoms with van der Waals surface area (Å²) in [6.07, 6.45) is 0.730. The topological polar surface area (TPSA) is 108 Å². The molecule has 2 N–H and O–H groups in total. The van der Waals surface area contributed by atoms with Gasteiger partial charge in [-0.2, -0.15) is 4.98 Å². The number of benzene rings is 1. The van der Waals surface area contributed by atoms with Gasteiger partial charge in [0.05, 0.1) is 18.8 Å². The lowest BCUT2D eigenvalue weighted by atomic mass is 10.1. The van der Waals surface area contributed by atoms with Crippen molar-refractivity contribution in [1.82, 2.24) is 10.1 Å². The van der Waals surface area contributed by atoms with E-state index >= 15 is 0 Å². The Morgan fingerprint density at radius 2 is 2.11 bits per heavy atom. The molecule has 0 saturated carbocycles. The van der Waals surface area contributed by atoms with Crippen molar-refractivity contribution >= 4 is 28.1 Å². The van der Waals surface area contributed by atoms with Crippen molar-refractivity contribution in [3.05, 3.63) is 34.5 Å². The highest BCUT2D eigenvalue weighted by Gasteiger charge is 2.27. The molecule has 3 aromatic rings. The van der Waals surface area contributed by atoms with Gasteiger partial charge in [-0.3, -0.25) is 5.32 Å². The zero-order valence-corrected chi connectivity index (χ0v) is 15.7. The number of thiophene rings is 1. The van der Waals surface area contributed by atoms with Crippen LogP contribution in [-0.4, -0.2) is 29.6 Å². The highest BCUT2D eigenvalue weighted by Crippen LogP contribution is 2.42. The number of carbonyl (C=O) groups is 1. The number of hydrogen-bond acceptors (Lipinski definition) is 8. The smallest absolute Gasteiger partial charge is 0.324 e. The molecule has 2 amide bonds. The van der Waals surface area contributed by atoms with Crippen LogP contribution in [0.15, 0.2) is 22.7 Å². The van der Waals surface area contributed by atoms with Gasteiger partial charge in [0.1, 0.15) is 5.00 Å². The lowest BCUT2D eigenvalue weighted by molar-refractivity contribution is 0.113. The fraction of sp³-hybridized carbons (Fsp3) is 0.278. The molecule has 0 atom stereocenters. The van der Waals surface area contributed by atoms with Crippen LogP contribution in [0, 0.1) is 6.92 Å². The summed E-state index contributed by atoms with van der Waals surface area (Å²) in [6, 6.07) is 4.85. The van der Waals surface area contributed by atoms with E-state index in [0.29, 0.717) is 47.1 Å². The second-order valence-electron chi connectivity index (χ2n) is 6.30. The molecule has 0 fully saturated rings. The van der Waals surface area contributed by atoms with Crippen LogP contribution in [0.3, 0.4) is 0 Å². The van der Waals surface area contributed by atoms with Crippen LogP contribution in [0.5, 0.6) is 11.5 Å². The molecule has 28 heavy (non-hydrogen) atoms. The number of nitrogens with zero attached hydrogens (tertiary/aromatic N) is 2. The number of rotatable bonds is 3. The third-order valence-corrected chi connectivity index (χ3v) is 5.54. The molecule has 0 unspecified atom stereocenters. The van der Waals surface area contributed by atoms with Crippen LogP contribution in [0.25, 0.3) is 11.5 Å². The third-order valence-electron chi connectivity index (χ3n) is 4.42. The van der Waals surface area contributed by atoms with Crippen LogP contribution >= 0.6 is 11.3 Å². The number of ether oxygens (including phenoxy) is 3. The van der Waals surface area contributed by atoms with E-state index in [2.05, 4.69) is 20.8 Å². The molecule has 1 aromatic carbocycles. The van der Waals surface area contributed by atoms with Gasteiger partial charge in [0.2, 0.25) is 6.79 Å². The minimum atomic E-state index is -0.379. The molecule has 0 spiro atoms. The Balaban J connectivity index is 1.41. The van der Waals surface area contributed by atoms with E-state index in [-0.39, 0.29) is 12.8 Å². The summed E-state index contributed by atoms with van der Waals surface area (Å²) in [5.74, 6) is 2.20. The Morgan fingerprint density at radius 1 is 1.21 bits per heavy atom. The fourth-order valence-electron chi connectivity index (χ4n) is 3.18. The first kappa shape index (κ1) is 17.0. The highest BCUT2D eigenvalue weighted by atomic mass is 32.1. The van der Waals surface area contributed by atoms with Crippen LogP contribution in [0.4, 0.5) is 15.5 Å². The second kappa shape index (κ2) is 6.80. The van der Waals surface area contributed by atoms with Gasteiger partial charge in [0.25, 0.3) is 5.89 Å². The van der Waals surface area contributed by atoms with Gasteiger partial charge in [-0.1, -0.05) is 5.16 Å². The number of urea groups is 1. The van der Waals surface area contributed by atoms with E-state index < -0.39 is 0 Å². The Kier molecular flexibility index (Phi) is 4.14. The molecule has 0 aliphatic carbocycles. The molecule has 2 aliphatic rings. The average Bonchev–Trinajstić information content (AvgIpc) is 3.38. The van der Waals surface area contributed by atoms with E-state index in [0.717, 1.165) is 22.4 Å². The third kappa shape index (κ3) is 3.06. The quantitative estimate of drug-likeness (QED) is 0.692. The number of hydrogen-bond donors (Lipinski definition) is 2. The number of anilines is 2. The maximum Gasteiger partial charge on any atom is 0.324 e.